The maximum atomic E-state index is 13.5. The average molecular weight is 563 g/mol. The van der Waals surface area contributed by atoms with E-state index in [-0.39, 0.29) is 41.3 Å². The lowest BCUT2D eigenvalue weighted by Crippen LogP contribution is -2.45. The second kappa shape index (κ2) is 10.9. The van der Waals surface area contributed by atoms with Gasteiger partial charge in [-0.25, -0.2) is 0 Å². The number of allylic oxidation sites excluding steroid dienone is 1. The van der Waals surface area contributed by atoms with Gasteiger partial charge in [0.2, 0.25) is 5.91 Å². The molecular formula is C25H28F6N4O2S. The van der Waals surface area contributed by atoms with Crippen molar-refractivity contribution < 1.29 is 35.9 Å². The summed E-state index contributed by atoms with van der Waals surface area (Å²) < 4.78 is 79.4. The number of thioether (sulfide) groups is 1. The van der Waals surface area contributed by atoms with Crippen molar-refractivity contribution in [3.8, 4) is 0 Å². The molecule has 2 saturated heterocycles. The van der Waals surface area contributed by atoms with Crippen molar-refractivity contribution in [1.82, 2.24) is 14.7 Å². The first-order valence-electron chi connectivity index (χ1n) is 12.2. The van der Waals surface area contributed by atoms with Crippen molar-refractivity contribution in [1.29, 1.82) is 0 Å². The van der Waals surface area contributed by atoms with Crippen LogP contribution in [-0.2, 0) is 23.7 Å². The maximum absolute atomic E-state index is 13.5. The highest BCUT2D eigenvalue weighted by molar-refractivity contribution is 8.18. The van der Waals surface area contributed by atoms with E-state index in [9.17, 15) is 35.9 Å². The number of hydrogen-bond donors (Lipinski definition) is 0. The van der Waals surface area contributed by atoms with Crippen molar-refractivity contribution >= 4 is 28.7 Å². The summed E-state index contributed by atoms with van der Waals surface area (Å²) >= 11 is 1.01. The van der Waals surface area contributed by atoms with Gasteiger partial charge in [-0.3, -0.25) is 14.5 Å². The Morgan fingerprint density at radius 1 is 1.08 bits per heavy atom. The number of alkyl halides is 6. The summed E-state index contributed by atoms with van der Waals surface area (Å²) in [5.74, 6) is 0.494. The second-order valence-electron chi connectivity index (χ2n) is 9.90. The number of rotatable bonds is 4. The number of hydrogen-bond acceptors (Lipinski definition) is 5. The minimum Gasteiger partial charge on any atom is -0.347 e. The minimum atomic E-state index is -4.90. The van der Waals surface area contributed by atoms with E-state index >= 15 is 0 Å². The van der Waals surface area contributed by atoms with Gasteiger partial charge in [-0.1, -0.05) is 12.1 Å². The number of likely N-dealkylation sites (tertiary alicyclic amines) is 2. The van der Waals surface area contributed by atoms with Gasteiger partial charge in [0.25, 0.3) is 0 Å². The number of amidine groups is 1. The fourth-order valence-electron chi connectivity index (χ4n) is 5.08. The van der Waals surface area contributed by atoms with Crippen LogP contribution in [0.1, 0.15) is 42.4 Å². The highest BCUT2D eigenvalue weighted by Gasteiger charge is 2.40. The van der Waals surface area contributed by atoms with E-state index < -0.39 is 23.5 Å². The molecule has 38 heavy (non-hydrogen) atoms. The molecule has 4 rings (SSSR count). The molecular weight excluding hydrogens is 534 g/mol. The number of carbonyl (C=O) groups is 2. The lowest BCUT2D eigenvalue weighted by molar-refractivity contribution is -0.143. The van der Waals surface area contributed by atoms with Crippen LogP contribution in [-0.4, -0.2) is 71.5 Å². The predicted octanol–water partition coefficient (Wildman–Crippen LogP) is 5.64. The standard InChI is InChI=1S/C25H28F6N4O2S/c1-33(2)22(36)19-4-3-9-35(19)21-20(38-23(37)32-21)12-15-7-10-34(11-8-15)14-16-5-6-17(24(26,27)28)13-18(16)25(29,30)31/h5-6,12-13,15,19H,3-4,7-11,14H2,1-2H3/b20-12-/t19-/m0/s1. The SMILES string of the molecule is CN(C)C(=O)[C@@H]1CCCN1C1=NC(=O)S/C1=C\C1CCN(Cc2ccc(C(F)(F)F)cc2C(F)(F)F)CC1. The zero-order valence-electron chi connectivity index (χ0n) is 20.9. The third-order valence-electron chi connectivity index (χ3n) is 7.02. The summed E-state index contributed by atoms with van der Waals surface area (Å²) in [6.45, 7) is 1.40. The predicted molar refractivity (Wildman–Crippen MR) is 131 cm³/mol. The van der Waals surface area contributed by atoms with E-state index in [0.717, 1.165) is 24.2 Å². The first-order chi connectivity index (χ1) is 17.7. The van der Waals surface area contributed by atoms with Gasteiger partial charge in [-0.05, 0) is 74.1 Å². The number of halogens is 6. The van der Waals surface area contributed by atoms with Crippen molar-refractivity contribution in [2.45, 2.75) is 50.6 Å². The van der Waals surface area contributed by atoms with Gasteiger partial charge in [0.15, 0.2) is 0 Å². The maximum Gasteiger partial charge on any atom is 0.416 e. The third kappa shape index (κ3) is 6.36. The zero-order chi connectivity index (χ0) is 27.8. The largest absolute Gasteiger partial charge is 0.416 e. The van der Waals surface area contributed by atoms with Crippen LogP contribution in [0.5, 0.6) is 0 Å². The van der Waals surface area contributed by atoms with E-state index in [1.807, 2.05) is 11.0 Å². The molecule has 0 aromatic heterocycles. The Balaban J connectivity index is 1.43. The van der Waals surface area contributed by atoms with Gasteiger partial charge in [0, 0.05) is 27.2 Å². The van der Waals surface area contributed by atoms with Crippen molar-refractivity contribution in [2.75, 3.05) is 33.7 Å². The fraction of sp³-hybridized carbons (Fsp3) is 0.560. The zero-order valence-corrected chi connectivity index (χ0v) is 21.7. The Bertz CT molecular complexity index is 1140. The van der Waals surface area contributed by atoms with Gasteiger partial charge in [-0.15, -0.1) is 0 Å². The Kier molecular flexibility index (Phi) is 8.17. The number of likely N-dealkylation sites (N-methyl/N-ethyl adjacent to an activating group) is 1. The molecule has 1 aromatic rings. The van der Waals surface area contributed by atoms with Crippen LogP contribution < -0.4 is 0 Å². The molecule has 2 fully saturated rings. The molecule has 1 aromatic carbocycles. The number of carbonyl (C=O) groups excluding carboxylic acids is 2. The summed E-state index contributed by atoms with van der Waals surface area (Å²) in [5, 5.41) is -0.353. The Morgan fingerprint density at radius 3 is 2.37 bits per heavy atom. The monoisotopic (exact) mass is 562 g/mol. The van der Waals surface area contributed by atoms with E-state index in [2.05, 4.69) is 4.99 Å². The number of benzene rings is 1. The Hall–Kier alpha value is -2.54. The number of amides is 2. The molecule has 0 unspecified atom stereocenters. The van der Waals surface area contributed by atoms with Crippen LogP contribution >= 0.6 is 11.8 Å². The van der Waals surface area contributed by atoms with Crippen LogP contribution in [0.15, 0.2) is 34.2 Å². The van der Waals surface area contributed by atoms with Crippen LogP contribution in [0.2, 0.25) is 0 Å². The Labute approximate surface area is 220 Å². The van der Waals surface area contributed by atoms with Crippen LogP contribution in [0.4, 0.5) is 31.1 Å². The molecule has 3 heterocycles. The highest BCUT2D eigenvalue weighted by Crippen LogP contribution is 2.39. The lowest BCUT2D eigenvalue weighted by Gasteiger charge is -2.32. The van der Waals surface area contributed by atoms with Crippen LogP contribution in [0.3, 0.4) is 0 Å². The normalized spacial score (nSPS) is 22.9. The Morgan fingerprint density at radius 2 is 1.76 bits per heavy atom. The molecule has 0 N–H and O–H groups in total. The van der Waals surface area contributed by atoms with Gasteiger partial charge in [-0.2, -0.15) is 31.3 Å². The number of piperidine rings is 1. The van der Waals surface area contributed by atoms with Gasteiger partial charge in [0.05, 0.1) is 16.0 Å². The highest BCUT2D eigenvalue weighted by atomic mass is 32.2. The molecule has 0 bridgehead atoms. The number of aliphatic imine (C=N–C) groups is 1. The van der Waals surface area contributed by atoms with Crippen molar-refractivity contribution in [2.24, 2.45) is 10.9 Å². The number of nitrogens with zero attached hydrogens (tertiary/aromatic N) is 4. The molecule has 13 heteroatoms. The van der Waals surface area contributed by atoms with Crippen LogP contribution in [0.25, 0.3) is 0 Å². The van der Waals surface area contributed by atoms with E-state index in [4.69, 9.17) is 0 Å². The molecule has 208 valence electrons. The summed E-state index contributed by atoms with van der Waals surface area (Å²) in [7, 11) is 3.37. The molecule has 3 aliphatic rings. The summed E-state index contributed by atoms with van der Waals surface area (Å²) in [5.41, 5.74) is -2.79. The second-order valence-corrected chi connectivity index (χ2v) is 10.9. The van der Waals surface area contributed by atoms with E-state index in [1.54, 1.807) is 19.0 Å². The lowest BCUT2D eigenvalue weighted by atomic mass is 9.95. The van der Waals surface area contributed by atoms with Gasteiger partial charge in [0.1, 0.15) is 11.9 Å². The van der Waals surface area contributed by atoms with Crippen LogP contribution in [0, 0.1) is 5.92 Å². The molecule has 1 atom stereocenters. The topological polar surface area (TPSA) is 56.2 Å². The minimum absolute atomic E-state index is 0.0464. The first kappa shape index (κ1) is 28.5. The molecule has 0 aliphatic carbocycles. The molecule has 3 aliphatic heterocycles. The summed E-state index contributed by atoms with van der Waals surface area (Å²) in [6.07, 6.45) is -5.12. The summed E-state index contributed by atoms with van der Waals surface area (Å²) in [6, 6.07) is 1.38. The van der Waals surface area contributed by atoms with Crippen molar-refractivity contribution in [3.63, 3.8) is 0 Å². The van der Waals surface area contributed by atoms with Gasteiger partial charge >= 0.3 is 17.6 Å². The van der Waals surface area contributed by atoms with Gasteiger partial charge < -0.3 is 9.80 Å². The quantitative estimate of drug-likeness (QED) is 0.445. The third-order valence-corrected chi connectivity index (χ3v) is 7.83. The average Bonchev–Trinajstić information content (AvgIpc) is 3.44. The molecule has 0 radical (unpaired) electrons. The molecule has 2 amide bonds. The fourth-order valence-corrected chi connectivity index (χ4v) is 5.92. The molecule has 0 saturated carbocycles. The van der Waals surface area contributed by atoms with Crippen molar-refractivity contribution in [3.05, 3.63) is 45.9 Å². The summed E-state index contributed by atoms with van der Waals surface area (Å²) in [4.78, 5) is 34.8. The molecule has 0 spiro atoms. The molecule has 6 nitrogen and oxygen atoms in total. The van der Waals surface area contributed by atoms with E-state index in [1.165, 1.54) is 4.90 Å². The van der Waals surface area contributed by atoms with E-state index in [0.29, 0.717) is 55.7 Å². The first-order valence-corrected chi connectivity index (χ1v) is 13.1. The smallest absolute Gasteiger partial charge is 0.347 e.